The van der Waals surface area contributed by atoms with Crippen LogP contribution in [0.25, 0.3) is 6.08 Å². The number of hydrogen-bond donors (Lipinski definition) is 1. The number of hydrogen-bond acceptors (Lipinski definition) is 3. The molecule has 0 spiro atoms. The lowest BCUT2D eigenvalue weighted by atomic mass is 10.1. The third-order valence-electron chi connectivity index (χ3n) is 3.68. The maximum atomic E-state index is 12.3. The van der Waals surface area contributed by atoms with Gasteiger partial charge in [0.2, 0.25) is 5.91 Å². The van der Waals surface area contributed by atoms with Crippen molar-refractivity contribution in [3.8, 4) is 0 Å². The van der Waals surface area contributed by atoms with Crippen LogP contribution in [0.1, 0.15) is 32.4 Å². The molecule has 1 N–H and O–H groups in total. The summed E-state index contributed by atoms with van der Waals surface area (Å²) in [5.41, 5.74) is 0. The van der Waals surface area contributed by atoms with Gasteiger partial charge >= 0.3 is 0 Å². The highest BCUT2D eigenvalue weighted by atomic mass is 16.3. The van der Waals surface area contributed by atoms with E-state index >= 15 is 0 Å². The van der Waals surface area contributed by atoms with Crippen molar-refractivity contribution >= 4 is 12.0 Å². The van der Waals surface area contributed by atoms with E-state index in [2.05, 4.69) is 19.2 Å². The van der Waals surface area contributed by atoms with Crippen LogP contribution in [0.3, 0.4) is 0 Å². The maximum absolute atomic E-state index is 12.3. The minimum Gasteiger partial charge on any atom is -0.465 e. The highest BCUT2D eigenvalue weighted by Crippen LogP contribution is 2.13. The summed E-state index contributed by atoms with van der Waals surface area (Å²) in [5.74, 6) is 0.784. The van der Waals surface area contributed by atoms with Crippen LogP contribution < -0.4 is 5.32 Å². The zero-order valence-electron chi connectivity index (χ0n) is 11.6. The average Bonchev–Trinajstić information content (AvgIpc) is 2.97. The lowest BCUT2D eigenvalue weighted by Gasteiger charge is -2.39. The molecule has 4 nitrogen and oxygen atoms in total. The highest BCUT2D eigenvalue weighted by molar-refractivity contribution is 5.91. The third-order valence-corrected chi connectivity index (χ3v) is 3.68. The number of rotatable bonds is 4. The molecular weight excluding hydrogens is 240 g/mol. The van der Waals surface area contributed by atoms with Crippen LogP contribution in [-0.2, 0) is 4.79 Å². The minimum atomic E-state index is 0.0724. The molecule has 1 aromatic rings. The molecule has 1 aliphatic rings. The molecule has 2 atom stereocenters. The average molecular weight is 262 g/mol. The Morgan fingerprint density at radius 2 is 2.37 bits per heavy atom. The van der Waals surface area contributed by atoms with Crippen LogP contribution in [0, 0.1) is 0 Å². The lowest BCUT2D eigenvalue weighted by molar-refractivity contribution is -0.129. The summed E-state index contributed by atoms with van der Waals surface area (Å²) < 4.78 is 5.20. The van der Waals surface area contributed by atoms with E-state index in [-0.39, 0.29) is 11.9 Å². The van der Waals surface area contributed by atoms with Gasteiger partial charge in [0.15, 0.2) is 0 Å². The molecule has 4 heteroatoms. The second-order valence-corrected chi connectivity index (χ2v) is 4.91. The first kappa shape index (κ1) is 13.9. The van der Waals surface area contributed by atoms with Gasteiger partial charge in [0.05, 0.1) is 6.26 Å². The highest BCUT2D eigenvalue weighted by Gasteiger charge is 2.28. The quantitative estimate of drug-likeness (QED) is 0.847. The largest absolute Gasteiger partial charge is 0.465 e. The van der Waals surface area contributed by atoms with Crippen LogP contribution in [-0.4, -0.2) is 36.0 Å². The number of carbonyl (C=O) groups is 1. The van der Waals surface area contributed by atoms with Gasteiger partial charge in [-0.1, -0.05) is 13.8 Å². The number of nitrogens with one attached hydrogen (secondary N) is 1. The van der Waals surface area contributed by atoms with Crippen LogP contribution >= 0.6 is 0 Å². The Kier molecular flexibility index (Phi) is 4.80. The van der Waals surface area contributed by atoms with Gasteiger partial charge in [0.25, 0.3) is 0 Å². The third kappa shape index (κ3) is 3.47. The Balaban J connectivity index is 2.02. The zero-order valence-corrected chi connectivity index (χ0v) is 11.6. The normalized spacial score (nSPS) is 24.0. The van der Waals surface area contributed by atoms with Gasteiger partial charge in [0, 0.05) is 31.2 Å². The standard InChI is InChI=1S/C15H22N2O2/c1-3-12-11-17(13(4-2)10-16-12)15(18)8-7-14-6-5-9-19-14/h5-9,12-13,16H,3-4,10-11H2,1-2H3. The van der Waals surface area contributed by atoms with Crippen molar-refractivity contribution < 1.29 is 9.21 Å². The molecular formula is C15H22N2O2. The molecule has 1 amide bonds. The molecule has 2 heterocycles. The van der Waals surface area contributed by atoms with E-state index < -0.39 is 0 Å². The summed E-state index contributed by atoms with van der Waals surface area (Å²) in [6.45, 7) is 5.94. The first-order valence-electron chi connectivity index (χ1n) is 7.00. The second kappa shape index (κ2) is 6.57. The molecule has 19 heavy (non-hydrogen) atoms. The molecule has 1 fully saturated rings. The molecule has 2 unspecified atom stereocenters. The van der Waals surface area contributed by atoms with Gasteiger partial charge in [-0.05, 0) is 31.1 Å². The molecule has 1 aromatic heterocycles. The van der Waals surface area contributed by atoms with Gasteiger partial charge in [-0.2, -0.15) is 0 Å². The summed E-state index contributed by atoms with van der Waals surface area (Å²) in [4.78, 5) is 14.3. The minimum absolute atomic E-state index is 0.0724. The first-order valence-corrected chi connectivity index (χ1v) is 7.00. The van der Waals surface area contributed by atoms with E-state index in [4.69, 9.17) is 4.42 Å². The Hall–Kier alpha value is -1.55. The van der Waals surface area contributed by atoms with Crippen molar-refractivity contribution in [1.82, 2.24) is 10.2 Å². The van der Waals surface area contributed by atoms with E-state index in [1.165, 1.54) is 0 Å². The van der Waals surface area contributed by atoms with Crippen molar-refractivity contribution in [2.45, 2.75) is 38.8 Å². The predicted molar refractivity (Wildman–Crippen MR) is 75.6 cm³/mol. The summed E-state index contributed by atoms with van der Waals surface area (Å²) in [6.07, 6.45) is 6.97. The van der Waals surface area contributed by atoms with Crippen molar-refractivity contribution in [3.63, 3.8) is 0 Å². The molecule has 0 bridgehead atoms. The smallest absolute Gasteiger partial charge is 0.247 e. The SMILES string of the molecule is CCC1CN(C(=O)C=Cc2ccco2)C(CC)CN1. The van der Waals surface area contributed by atoms with Gasteiger partial charge < -0.3 is 14.6 Å². The van der Waals surface area contributed by atoms with E-state index in [9.17, 15) is 4.79 Å². The van der Waals surface area contributed by atoms with Crippen LogP contribution in [0.15, 0.2) is 28.9 Å². The Bertz CT molecular complexity index is 425. The first-order chi connectivity index (χ1) is 9.24. The molecule has 0 radical (unpaired) electrons. The van der Waals surface area contributed by atoms with Gasteiger partial charge in [-0.3, -0.25) is 4.79 Å². The number of piperazine rings is 1. The summed E-state index contributed by atoms with van der Waals surface area (Å²) in [6, 6.07) is 4.35. The topological polar surface area (TPSA) is 45.5 Å². The summed E-state index contributed by atoms with van der Waals surface area (Å²) >= 11 is 0. The second-order valence-electron chi connectivity index (χ2n) is 4.91. The molecule has 1 aliphatic heterocycles. The molecule has 0 aromatic carbocycles. The van der Waals surface area contributed by atoms with Crippen molar-refractivity contribution in [2.75, 3.05) is 13.1 Å². The van der Waals surface area contributed by atoms with Crippen molar-refractivity contribution in [2.24, 2.45) is 0 Å². The molecule has 0 aliphatic carbocycles. The van der Waals surface area contributed by atoms with Crippen molar-refractivity contribution in [1.29, 1.82) is 0 Å². The van der Waals surface area contributed by atoms with Crippen LogP contribution in [0.2, 0.25) is 0 Å². The van der Waals surface area contributed by atoms with E-state index in [0.717, 1.165) is 25.9 Å². The zero-order chi connectivity index (χ0) is 13.7. The van der Waals surface area contributed by atoms with Crippen LogP contribution in [0.5, 0.6) is 0 Å². The fourth-order valence-corrected chi connectivity index (χ4v) is 2.41. The summed E-state index contributed by atoms with van der Waals surface area (Å²) in [7, 11) is 0. The molecule has 0 saturated carbocycles. The fraction of sp³-hybridized carbons (Fsp3) is 0.533. The number of carbonyl (C=O) groups excluding carboxylic acids is 1. The van der Waals surface area contributed by atoms with Gasteiger partial charge in [-0.15, -0.1) is 0 Å². The summed E-state index contributed by atoms with van der Waals surface area (Å²) in [5, 5.41) is 3.49. The van der Waals surface area contributed by atoms with Gasteiger partial charge in [0.1, 0.15) is 5.76 Å². The van der Waals surface area contributed by atoms with E-state index in [1.54, 1.807) is 18.4 Å². The van der Waals surface area contributed by atoms with Crippen LogP contribution in [0.4, 0.5) is 0 Å². The number of amides is 1. The fourth-order valence-electron chi connectivity index (χ4n) is 2.41. The molecule has 104 valence electrons. The number of furan rings is 1. The Labute approximate surface area is 114 Å². The van der Waals surface area contributed by atoms with Crippen molar-refractivity contribution in [3.05, 3.63) is 30.2 Å². The monoisotopic (exact) mass is 262 g/mol. The number of nitrogens with zero attached hydrogens (tertiary/aromatic N) is 1. The maximum Gasteiger partial charge on any atom is 0.247 e. The lowest BCUT2D eigenvalue weighted by Crippen LogP contribution is -2.57. The molecule has 2 rings (SSSR count). The van der Waals surface area contributed by atoms with E-state index in [0.29, 0.717) is 11.8 Å². The molecule has 1 saturated heterocycles. The Morgan fingerprint density at radius 1 is 1.53 bits per heavy atom. The van der Waals surface area contributed by atoms with E-state index in [1.807, 2.05) is 17.0 Å². The Morgan fingerprint density at radius 3 is 3.00 bits per heavy atom. The van der Waals surface area contributed by atoms with Gasteiger partial charge in [-0.25, -0.2) is 0 Å². The predicted octanol–water partition coefficient (Wildman–Crippen LogP) is 2.28.